The third-order valence-corrected chi connectivity index (χ3v) is 6.10. The molecule has 1 atom stereocenters. The third kappa shape index (κ3) is 2.58. The average Bonchev–Trinajstić information content (AvgIpc) is 3.35. The third-order valence-electron chi connectivity index (χ3n) is 4.06. The summed E-state index contributed by atoms with van der Waals surface area (Å²) < 4.78 is 1.29. The second kappa shape index (κ2) is 4.90. The highest BCUT2D eigenvalue weighted by molar-refractivity contribution is 7.99. The zero-order valence-electron chi connectivity index (χ0n) is 11.3. The maximum absolute atomic E-state index is 12.7. The van der Waals surface area contributed by atoms with Crippen molar-refractivity contribution in [1.29, 1.82) is 0 Å². The van der Waals surface area contributed by atoms with Crippen molar-refractivity contribution in [3.05, 3.63) is 34.6 Å². The lowest BCUT2D eigenvalue weighted by Crippen LogP contribution is -2.22. The zero-order valence-corrected chi connectivity index (χ0v) is 13.6. The summed E-state index contributed by atoms with van der Waals surface area (Å²) >= 11 is 13.8. The molecule has 0 bridgehead atoms. The maximum atomic E-state index is 12.7. The second-order valence-electron chi connectivity index (χ2n) is 5.79. The molecular weight excluding hydrogens is 327 g/mol. The van der Waals surface area contributed by atoms with Crippen molar-refractivity contribution in [3.63, 3.8) is 0 Å². The molecule has 2 aromatic rings. The van der Waals surface area contributed by atoms with Crippen molar-refractivity contribution < 1.29 is 0 Å². The Morgan fingerprint density at radius 3 is 2.71 bits per heavy atom. The molecule has 21 heavy (non-hydrogen) atoms. The summed E-state index contributed by atoms with van der Waals surface area (Å²) in [5.74, 6) is 1.10. The van der Waals surface area contributed by atoms with Crippen LogP contribution in [-0.4, -0.2) is 19.6 Å². The first-order valence-electron chi connectivity index (χ1n) is 7.08. The van der Waals surface area contributed by atoms with E-state index in [-0.39, 0.29) is 5.56 Å². The highest BCUT2D eigenvalue weighted by Crippen LogP contribution is 2.54. The van der Waals surface area contributed by atoms with Crippen molar-refractivity contribution in [2.24, 2.45) is 5.92 Å². The Morgan fingerprint density at radius 1 is 1.33 bits per heavy atom. The van der Waals surface area contributed by atoms with E-state index in [1.54, 1.807) is 11.8 Å². The van der Waals surface area contributed by atoms with Gasteiger partial charge >= 0.3 is 0 Å². The minimum absolute atomic E-state index is 0.0735. The van der Waals surface area contributed by atoms with Crippen LogP contribution >= 0.6 is 35.0 Å². The molecule has 6 heteroatoms. The fourth-order valence-corrected chi connectivity index (χ4v) is 4.50. The van der Waals surface area contributed by atoms with Crippen molar-refractivity contribution in [3.8, 4) is 0 Å². The lowest BCUT2D eigenvalue weighted by molar-refractivity contribution is 0.617. The number of thioether (sulfide) groups is 1. The van der Waals surface area contributed by atoms with Gasteiger partial charge in [0.1, 0.15) is 4.33 Å². The van der Waals surface area contributed by atoms with E-state index in [0.717, 1.165) is 35.7 Å². The predicted octanol–water partition coefficient (Wildman–Crippen LogP) is 4.02. The van der Waals surface area contributed by atoms with Gasteiger partial charge in [0.2, 0.25) is 0 Å². The molecule has 110 valence electrons. The molecule has 2 saturated carbocycles. The number of para-hydroxylation sites is 1. The summed E-state index contributed by atoms with van der Waals surface area (Å²) in [5.41, 5.74) is 0.838. The maximum Gasteiger partial charge on any atom is 0.262 e. The number of hydrogen-bond donors (Lipinski definition) is 0. The molecule has 4 rings (SSSR count). The van der Waals surface area contributed by atoms with Crippen molar-refractivity contribution in [2.75, 3.05) is 5.75 Å². The van der Waals surface area contributed by atoms with Gasteiger partial charge in [-0.2, -0.15) is 0 Å². The van der Waals surface area contributed by atoms with Gasteiger partial charge < -0.3 is 0 Å². The molecule has 1 aromatic carbocycles. The number of rotatable bonds is 4. The predicted molar refractivity (Wildman–Crippen MR) is 87.5 cm³/mol. The summed E-state index contributed by atoms with van der Waals surface area (Å²) in [6, 6.07) is 7.85. The summed E-state index contributed by atoms with van der Waals surface area (Å²) in [6.07, 6.45) is 2.95. The first-order valence-corrected chi connectivity index (χ1v) is 8.82. The van der Waals surface area contributed by atoms with Gasteiger partial charge in [0, 0.05) is 17.7 Å². The van der Waals surface area contributed by atoms with Gasteiger partial charge in [-0.15, -0.1) is 23.2 Å². The van der Waals surface area contributed by atoms with E-state index >= 15 is 0 Å². The van der Waals surface area contributed by atoms with Gasteiger partial charge in [-0.05, 0) is 31.4 Å². The second-order valence-corrected chi connectivity index (χ2v) is 8.32. The largest absolute Gasteiger partial charge is 0.284 e. The Hall–Kier alpha value is -0.710. The van der Waals surface area contributed by atoms with Gasteiger partial charge in [0.25, 0.3) is 5.56 Å². The quantitative estimate of drug-likeness (QED) is 0.479. The van der Waals surface area contributed by atoms with Crippen LogP contribution in [0.3, 0.4) is 0 Å². The topological polar surface area (TPSA) is 34.9 Å². The lowest BCUT2D eigenvalue weighted by atomic mass is 10.2. The normalized spacial score (nSPS) is 23.4. The number of aromatic nitrogens is 2. The van der Waals surface area contributed by atoms with Crippen LogP contribution < -0.4 is 5.56 Å². The Morgan fingerprint density at radius 2 is 2.05 bits per heavy atom. The molecule has 0 saturated heterocycles. The Kier molecular flexibility index (Phi) is 3.25. The molecule has 3 nitrogen and oxygen atoms in total. The van der Waals surface area contributed by atoms with E-state index in [4.69, 9.17) is 23.2 Å². The fourth-order valence-electron chi connectivity index (χ4n) is 2.51. The van der Waals surface area contributed by atoms with E-state index in [0.29, 0.717) is 17.3 Å². The summed E-state index contributed by atoms with van der Waals surface area (Å²) in [5, 5.41) is 1.50. The SMILES string of the molecule is O=c1c2ccccc2nc(SC[C@H]2CC2(Cl)Cl)n1C1CC1. The molecular formula is C15H14Cl2N2OS. The van der Waals surface area contributed by atoms with Crippen LogP contribution in [0.5, 0.6) is 0 Å². The number of benzene rings is 1. The fraction of sp³-hybridized carbons (Fsp3) is 0.467. The number of alkyl halides is 2. The Bertz CT molecular complexity index is 770. The molecule has 0 spiro atoms. The Balaban J connectivity index is 1.72. The van der Waals surface area contributed by atoms with E-state index in [2.05, 4.69) is 4.98 Å². The van der Waals surface area contributed by atoms with E-state index in [1.807, 2.05) is 28.8 Å². The van der Waals surface area contributed by atoms with E-state index in [1.165, 1.54) is 0 Å². The van der Waals surface area contributed by atoms with Gasteiger partial charge in [0.15, 0.2) is 5.16 Å². The van der Waals surface area contributed by atoms with Gasteiger partial charge in [0.05, 0.1) is 10.9 Å². The molecule has 1 heterocycles. The van der Waals surface area contributed by atoms with E-state index < -0.39 is 4.33 Å². The average molecular weight is 341 g/mol. The number of fused-ring (bicyclic) bond motifs is 1. The van der Waals surface area contributed by atoms with Crippen LogP contribution in [0, 0.1) is 5.92 Å². The van der Waals surface area contributed by atoms with E-state index in [9.17, 15) is 4.79 Å². The molecule has 2 fully saturated rings. The van der Waals surface area contributed by atoms with Crippen LogP contribution in [-0.2, 0) is 0 Å². The van der Waals surface area contributed by atoms with Crippen LogP contribution in [0.25, 0.3) is 10.9 Å². The molecule has 2 aliphatic carbocycles. The first-order chi connectivity index (χ1) is 10.1. The minimum atomic E-state index is -0.575. The van der Waals surface area contributed by atoms with Gasteiger partial charge in [-0.25, -0.2) is 4.98 Å². The highest BCUT2D eigenvalue weighted by atomic mass is 35.5. The van der Waals surface area contributed by atoms with Crippen LogP contribution in [0.2, 0.25) is 0 Å². The lowest BCUT2D eigenvalue weighted by Gasteiger charge is -2.12. The van der Waals surface area contributed by atoms with Crippen molar-refractivity contribution >= 4 is 45.9 Å². The molecule has 0 aliphatic heterocycles. The Labute approximate surface area is 136 Å². The highest BCUT2D eigenvalue weighted by Gasteiger charge is 2.51. The van der Waals surface area contributed by atoms with Crippen molar-refractivity contribution in [1.82, 2.24) is 9.55 Å². The van der Waals surface area contributed by atoms with Crippen LogP contribution in [0.15, 0.2) is 34.2 Å². The van der Waals surface area contributed by atoms with Gasteiger partial charge in [-0.3, -0.25) is 9.36 Å². The summed E-state index contributed by atoms with van der Waals surface area (Å²) in [6.45, 7) is 0. The summed E-state index contributed by atoms with van der Waals surface area (Å²) in [7, 11) is 0. The zero-order chi connectivity index (χ0) is 14.6. The molecule has 0 N–H and O–H groups in total. The number of nitrogens with zero attached hydrogens (tertiary/aromatic N) is 2. The van der Waals surface area contributed by atoms with Crippen molar-refractivity contribution in [2.45, 2.75) is 34.8 Å². The molecule has 0 radical (unpaired) electrons. The number of hydrogen-bond acceptors (Lipinski definition) is 3. The van der Waals surface area contributed by atoms with Crippen LogP contribution in [0.4, 0.5) is 0 Å². The first kappa shape index (κ1) is 13.9. The van der Waals surface area contributed by atoms with Gasteiger partial charge in [-0.1, -0.05) is 23.9 Å². The minimum Gasteiger partial charge on any atom is -0.284 e. The number of halogens is 2. The smallest absolute Gasteiger partial charge is 0.262 e. The molecule has 0 amide bonds. The summed E-state index contributed by atoms with van der Waals surface area (Å²) in [4.78, 5) is 17.4. The molecule has 1 aromatic heterocycles. The molecule has 0 unspecified atom stereocenters. The van der Waals surface area contributed by atoms with Crippen LogP contribution in [0.1, 0.15) is 25.3 Å². The monoisotopic (exact) mass is 340 g/mol. The molecule has 2 aliphatic rings. The standard InChI is InChI=1S/C15H14Cl2N2OS/c16-15(17)7-9(15)8-21-14-18-12-4-2-1-3-11(12)13(20)19(14)10-5-6-10/h1-4,9-10H,5-8H2/t9-/m1/s1.